The number of benzene rings is 4. The van der Waals surface area contributed by atoms with Crippen LogP contribution in [0.3, 0.4) is 0 Å². The maximum atomic E-state index is 10.0. The molecule has 5 rings (SSSR count). The van der Waals surface area contributed by atoms with Gasteiger partial charge < -0.3 is 14.9 Å². The van der Waals surface area contributed by atoms with E-state index in [-0.39, 0.29) is 17.7 Å². The topological polar surface area (TPSA) is 32.3 Å². The molecule has 0 amide bonds. The fourth-order valence-electron chi connectivity index (χ4n) is 9.36. The molecule has 0 aliphatic carbocycles. The van der Waals surface area contributed by atoms with Crippen LogP contribution in [0.4, 0.5) is 0 Å². The van der Waals surface area contributed by atoms with Gasteiger partial charge in [-0.1, -0.05) is 72.8 Å². The summed E-state index contributed by atoms with van der Waals surface area (Å²) in [5, 5.41) is 20.1. The van der Waals surface area contributed by atoms with Crippen molar-refractivity contribution in [2.24, 2.45) is 0 Å². The lowest BCUT2D eigenvalue weighted by atomic mass is 9.78. The van der Waals surface area contributed by atoms with Crippen LogP contribution in [0.1, 0.15) is 72.6 Å². The van der Waals surface area contributed by atoms with Gasteiger partial charge in [-0.3, -0.25) is 0 Å². The molecule has 5 heteroatoms. The Bertz CT molecular complexity index is 1500. The summed E-state index contributed by atoms with van der Waals surface area (Å²) in [6.45, 7) is 11.0. The zero-order valence-electron chi connectivity index (χ0n) is 32.6. The Morgan fingerprint density at radius 3 is 1.18 bits per heavy atom. The molecule has 0 radical (unpaired) electrons. The second-order valence-corrected chi connectivity index (χ2v) is 24.8. The van der Waals surface area contributed by atoms with Gasteiger partial charge >= 0.3 is 0 Å². The predicted molar refractivity (Wildman–Crippen MR) is 229 cm³/mol. The lowest BCUT2D eigenvalue weighted by Gasteiger charge is -2.51. The number of quaternary nitrogens is 1. The number of hydrogen-bond acceptors (Lipinski definition) is 2. The average Bonchev–Trinajstić information content (AvgIpc) is 3.12. The van der Waals surface area contributed by atoms with E-state index in [1.54, 1.807) is 10.6 Å². The van der Waals surface area contributed by atoms with E-state index in [9.17, 15) is 5.11 Å². The van der Waals surface area contributed by atoms with E-state index < -0.39 is 14.5 Å². The Labute approximate surface area is 312 Å². The molecule has 1 heterocycles. The lowest BCUT2D eigenvalue weighted by Crippen LogP contribution is -2.65. The van der Waals surface area contributed by atoms with E-state index in [0.29, 0.717) is 6.04 Å². The second-order valence-electron chi connectivity index (χ2n) is 17.1. The summed E-state index contributed by atoms with van der Waals surface area (Å²) >= 11 is 0. The van der Waals surface area contributed by atoms with Crippen molar-refractivity contribution in [3.8, 4) is 0 Å². The molecule has 0 unspecified atom stereocenters. The molecule has 0 saturated carbocycles. The predicted octanol–water partition coefficient (Wildman–Crippen LogP) is 8.65. The molecule has 0 atom stereocenters. The Hall–Kier alpha value is -2.38. The largest absolute Gasteiger partial charge is 0.396 e. The van der Waals surface area contributed by atoms with Gasteiger partial charge in [0.2, 0.25) is 0 Å². The van der Waals surface area contributed by atoms with Crippen LogP contribution in [0.15, 0.2) is 121 Å². The van der Waals surface area contributed by atoms with Crippen molar-refractivity contribution < 1.29 is 9.59 Å². The molecule has 1 saturated heterocycles. The molecular weight excluding hydrogens is 658 g/mol. The van der Waals surface area contributed by atoms with Gasteiger partial charge in [-0.05, 0) is 95.5 Å². The first-order valence-corrected chi connectivity index (χ1v) is 23.9. The van der Waals surface area contributed by atoms with E-state index in [2.05, 4.69) is 168 Å². The van der Waals surface area contributed by atoms with Gasteiger partial charge in [0.25, 0.3) is 0 Å². The maximum absolute atomic E-state index is 10.0. The molecule has 1 aliphatic rings. The van der Waals surface area contributed by atoms with E-state index in [0.717, 1.165) is 17.1 Å². The normalized spacial score (nSPS) is 16.6. The fraction of sp³-hybridized carbons (Fsp3) is 0.478. The van der Waals surface area contributed by atoms with Gasteiger partial charge in [0, 0.05) is 43.4 Å². The highest BCUT2D eigenvalue weighted by molar-refractivity contribution is 7.90. The first-order valence-electron chi connectivity index (χ1n) is 19.6. The van der Waals surface area contributed by atoms with Crippen molar-refractivity contribution in [1.82, 2.24) is 5.32 Å². The molecule has 51 heavy (non-hydrogen) atoms. The molecule has 0 spiro atoms. The summed E-state index contributed by atoms with van der Waals surface area (Å²) in [6, 6.07) is 46.4. The van der Waals surface area contributed by atoms with Crippen LogP contribution in [0.5, 0.6) is 0 Å². The van der Waals surface area contributed by atoms with E-state index in [4.69, 9.17) is 0 Å². The van der Waals surface area contributed by atoms with Gasteiger partial charge in [-0.2, -0.15) is 0 Å². The minimum Gasteiger partial charge on any atom is -0.396 e. The maximum Gasteiger partial charge on any atom is 0.0991 e. The standard InChI is InChI=1S/C46H67N2OP2/c1-45(2)38-40(39-46(3,4)47-45)48(5,6)32-19-20-34-50(41-24-11-7-12-25-41,42-26-13-8-14-27-42)35-21-22-36-51(37-23-33-49,43-28-15-9-16-29-43)44-30-17-10-18-31-44/h7-18,24-31,40,47,49H,19-23,32-39H2,1-6H3/q+3. The minimum atomic E-state index is -1.67. The molecule has 274 valence electrons. The number of hydrogen-bond donors (Lipinski definition) is 2. The average molecular weight is 726 g/mol. The third kappa shape index (κ3) is 10.2. The van der Waals surface area contributed by atoms with Crippen molar-refractivity contribution in [3.63, 3.8) is 0 Å². The minimum absolute atomic E-state index is 0.169. The number of nitrogens with zero attached hydrogens (tertiary/aromatic N) is 1. The van der Waals surface area contributed by atoms with Crippen molar-refractivity contribution in [2.75, 3.05) is 51.9 Å². The Balaban J connectivity index is 1.37. The highest BCUT2D eigenvalue weighted by atomic mass is 31.2. The zero-order chi connectivity index (χ0) is 36.4. The number of aliphatic hydroxyl groups is 1. The highest BCUT2D eigenvalue weighted by Gasteiger charge is 2.46. The third-order valence-corrected chi connectivity index (χ3v) is 21.2. The van der Waals surface area contributed by atoms with Gasteiger partial charge in [-0.15, -0.1) is 0 Å². The molecule has 2 N–H and O–H groups in total. The quantitative estimate of drug-likeness (QED) is 0.0612. The first kappa shape index (κ1) is 39.8. The van der Waals surface area contributed by atoms with Crippen molar-refractivity contribution in [2.45, 2.75) is 89.8 Å². The molecule has 4 aromatic carbocycles. The molecule has 1 fully saturated rings. The molecule has 1 aliphatic heterocycles. The smallest absolute Gasteiger partial charge is 0.0991 e. The van der Waals surface area contributed by atoms with Gasteiger partial charge in [0.15, 0.2) is 0 Å². The Morgan fingerprint density at radius 2 is 0.843 bits per heavy atom. The van der Waals surface area contributed by atoms with Gasteiger partial charge in [0.05, 0.1) is 87.1 Å². The van der Waals surface area contributed by atoms with Crippen molar-refractivity contribution >= 4 is 35.7 Å². The van der Waals surface area contributed by atoms with Crippen LogP contribution in [0, 0.1) is 0 Å². The summed E-state index contributed by atoms with van der Waals surface area (Å²) < 4.78 is 1.11. The van der Waals surface area contributed by atoms with Crippen LogP contribution in [-0.2, 0) is 0 Å². The van der Waals surface area contributed by atoms with Crippen molar-refractivity contribution in [3.05, 3.63) is 121 Å². The number of unbranched alkanes of at least 4 members (excludes halogenated alkanes) is 2. The molecule has 0 bridgehead atoms. The monoisotopic (exact) mass is 725 g/mol. The summed E-state index contributed by atoms with van der Waals surface area (Å²) in [7, 11) is 1.66. The Kier molecular flexibility index (Phi) is 13.8. The van der Waals surface area contributed by atoms with Crippen LogP contribution >= 0.6 is 14.5 Å². The van der Waals surface area contributed by atoms with E-state index in [1.807, 2.05) is 0 Å². The van der Waals surface area contributed by atoms with Crippen LogP contribution in [0.25, 0.3) is 0 Å². The number of aliphatic hydroxyl groups excluding tert-OH is 1. The van der Waals surface area contributed by atoms with Crippen molar-refractivity contribution in [1.29, 1.82) is 0 Å². The number of piperidine rings is 1. The zero-order valence-corrected chi connectivity index (χ0v) is 34.4. The summed E-state index contributed by atoms with van der Waals surface area (Å²) in [6.07, 6.45) is 13.0. The van der Waals surface area contributed by atoms with Crippen LogP contribution in [-0.4, -0.2) is 78.6 Å². The van der Waals surface area contributed by atoms with Gasteiger partial charge in [-0.25, -0.2) is 0 Å². The highest BCUT2D eigenvalue weighted by Crippen LogP contribution is 2.60. The molecular formula is C46H67N2OP2+3. The number of rotatable bonds is 18. The number of nitrogens with one attached hydrogen (secondary N) is 1. The van der Waals surface area contributed by atoms with Crippen LogP contribution in [0.2, 0.25) is 0 Å². The lowest BCUT2D eigenvalue weighted by molar-refractivity contribution is -0.917. The second kappa shape index (κ2) is 17.6. The summed E-state index contributed by atoms with van der Waals surface area (Å²) in [5.41, 5.74) is 0.338. The summed E-state index contributed by atoms with van der Waals surface area (Å²) in [4.78, 5) is 0. The van der Waals surface area contributed by atoms with E-state index >= 15 is 0 Å². The van der Waals surface area contributed by atoms with Gasteiger partial charge in [0.1, 0.15) is 0 Å². The third-order valence-electron chi connectivity index (χ3n) is 11.7. The summed E-state index contributed by atoms with van der Waals surface area (Å²) in [5.74, 6) is 0. The molecule has 4 aromatic rings. The fourth-order valence-corrected chi connectivity index (χ4v) is 18.4. The Morgan fingerprint density at radius 1 is 0.529 bits per heavy atom. The SMILES string of the molecule is CC1(C)CC([N+](C)(C)CCCC[P+](CCCC[P+](CCCO)(c2ccccc2)c2ccccc2)(c2ccccc2)c2ccccc2)CC(C)(C)N1. The molecule has 3 nitrogen and oxygen atoms in total. The first-order chi connectivity index (χ1) is 24.4. The van der Waals surface area contributed by atoms with E-state index in [1.165, 1.54) is 74.2 Å². The molecule has 0 aromatic heterocycles. The van der Waals surface area contributed by atoms with Crippen LogP contribution < -0.4 is 26.5 Å².